The number of nitrogens with zero attached hydrogens (tertiary/aromatic N) is 1. The highest BCUT2D eigenvalue weighted by atomic mass is 79.9. The second kappa shape index (κ2) is 6.70. The van der Waals surface area contributed by atoms with E-state index in [1.165, 1.54) is 18.2 Å². The summed E-state index contributed by atoms with van der Waals surface area (Å²) >= 11 is 3.34. The monoisotopic (exact) mass is 349 g/mol. The number of aliphatic hydroxyl groups is 1. The van der Waals surface area contributed by atoms with Gasteiger partial charge in [-0.1, -0.05) is 22.0 Å². The van der Waals surface area contributed by atoms with Gasteiger partial charge in [-0.05, 0) is 37.3 Å². The van der Waals surface area contributed by atoms with Crippen molar-refractivity contribution in [3.8, 4) is 11.8 Å². The molecule has 0 aliphatic rings. The van der Waals surface area contributed by atoms with E-state index < -0.39 is 11.9 Å². The zero-order chi connectivity index (χ0) is 15.4. The first kappa shape index (κ1) is 15.5. The Balaban J connectivity index is 2.26. The third-order valence-electron chi connectivity index (χ3n) is 3.00. The lowest BCUT2D eigenvalue weighted by Crippen LogP contribution is -2.03. The molecule has 0 aromatic heterocycles. The van der Waals surface area contributed by atoms with E-state index in [1.54, 1.807) is 25.1 Å². The van der Waals surface area contributed by atoms with E-state index in [0.717, 1.165) is 4.47 Å². The van der Waals surface area contributed by atoms with Crippen molar-refractivity contribution in [3.05, 3.63) is 63.4 Å². The van der Waals surface area contributed by atoms with Gasteiger partial charge in [-0.15, -0.1) is 0 Å². The molecule has 0 heterocycles. The second-order valence-corrected chi connectivity index (χ2v) is 5.48. The van der Waals surface area contributed by atoms with E-state index in [1.807, 2.05) is 6.07 Å². The fourth-order valence-corrected chi connectivity index (χ4v) is 2.26. The largest absolute Gasteiger partial charge is 0.488 e. The molecule has 0 amide bonds. The average Bonchev–Trinajstić information content (AvgIpc) is 2.45. The number of aliphatic hydroxyl groups excluding tert-OH is 1. The molecule has 2 aromatic carbocycles. The van der Waals surface area contributed by atoms with Gasteiger partial charge in [-0.3, -0.25) is 0 Å². The number of benzene rings is 2. The van der Waals surface area contributed by atoms with Crippen molar-refractivity contribution in [2.45, 2.75) is 19.6 Å². The molecule has 0 bridgehead atoms. The fourth-order valence-electron chi connectivity index (χ4n) is 1.92. The summed E-state index contributed by atoms with van der Waals surface area (Å²) in [6.45, 7) is 1.69. The Hall–Kier alpha value is -1.90. The van der Waals surface area contributed by atoms with E-state index in [-0.39, 0.29) is 6.61 Å². The van der Waals surface area contributed by atoms with E-state index >= 15 is 0 Å². The Bertz CT molecular complexity index is 695. The van der Waals surface area contributed by atoms with Crippen LogP contribution in [0.2, 0.25) is 0 Å². The second-order valence-electron chi connectivity index (χ2n) is 4.56. The molecule has 0 fully saturated rings. The van der Waals surface area contributed by atoms with Gasteiger partial charge < -0.3 is 9.84 Å². The van der Waals surface area contributed by atoms with Gasteiger partial charge in [0.2, 0.25) is 0 Å². The zero-order valence-corrected chi connectivity index (χ0v) is 12.9. The summed E-state index contributed by atoms with van der Waals surface area (Å²) < 4.78 is 19.7. The van der Waals surface area contributed by atoms with Gasteiger partial charge >= 0.3 is 0 Å². The Morgan fingerprint density at radius 1 is 1.33 bits per heavy atom. The van der Waals surface area contributed by atoms with Crippen LogP contribution in [-0.2, 0) is 6.61 Å². The molecular weight excluding hydrogens is 337 g/mol. The predicted molar refractivity (Wildman–Crippen MR) is 80.2 cm³/mol. The highest BCUT2D eigenvalue weighted by Gasteiger charge is 2.11. The molecule has 0 spiro atoms. The van der Waals surface area contributed by atoms with E-state index in [0.29, 0.717) is 22.4 Å². The smallest absolute Gasteiger partial charge is 0.126 e. The molecular formula is C16H13BrFNO2. The van der Waals surface area contributed by atoms with Gasteiger partial charge in [0.15, 0.2) is 0 Å². The van der Waals surface area contributed by atoms with E-state index in [4.69, 9.17) is 10.00 Å². The molecule has 21 heavy (non-hydrogen) atoms. The van der Waals surface area contributed by atoms with Crippen molar-refractivity contribution in [3.63, 3.8) is 0 Å². The first-order valence-electron chi connectivity index (χ1n) is 6.30. The van der Waals surface area contributed by atoms with E-state index in [9.17, 15) is 9.50 Å². The standard InChI is InChI=1S/C16H13BrFNO2/c1-10(20)15-5-3-13(17)7-16(15)21-9-12-6-14(18)4-2-11(12)8-19/h2-7,10,20H,9H2,1H3/t10-/m0/s1. The maximum atomic E-state index is 13.3. The van der Waals surface area contributed by atoms with Gasteiger partial charge in [-0.2, -0.15) is 5.26 Å². The highest BCUT2D eigenvalue weighted by molar-refractivity contribution is 9.10. The Labute approximate surface area is 130 Å². The van der Waals surface area contributed by atoms with Gasteiger partial charge in [0, 0.05) is 15.6 Å². The fraction of sp³-hybridized carbons (Fsp3) is 0.188. The molecule has 0 radical (unpaired) electrons. The van der Waals surface area contributed by atoms with Crippen LogP contribution in [0.15, 0.2) is 40.9 Å². The molecule has 0 aliphatic carbocycles. The van der Waals surface area contributed by atoms with Crippen molar-refractivity contribution >= 4 is 15.9 Å². The lowest BCUT2D eigenvalue weighted by Gasteiger charge is -2.14. The summed E-state index contributed by atoms with van der Waals surface area (Å²) in [7, 11) is 0. The van der Waals surface area contributed by atoms with Crippen LogP contribution >= 0.6 is 15.9 Å². The molecule has 0 saturated carbocycles. The summed E-state index contributed by atoms with van der Waals surface area (Å²) in [6.07, 6.45) is -0.684. The topological polar surface area (TPSA) is 53.2 Å². The summed E-state index contributed by atoms with van der Waals surface area (Å²) in [4.78, 5) is 0. The van der Waals surface area contributed by atoms with Crippen LogP contribution in [0.5, 0.6) is 5.75 Å². The molecule has 0 unspecified atom stereocenters. The molecule has 3 nitrogen and oxygen atoms in total. The number of hydrogen-bond donors (Lipinski definition) is 1. The van der Waals surface area contributed by atoms with Gasteiger partial charge in [0.05, 0.1) is 17.7 Å². The SMILES string of the molecule is C[C@H](O)c1ccc(Br)cc1OCc1cc(F)ccc1C#N. The van der Waals surface area contributed by atoms with Crippen LogP contribution in [0.1, 0.15) is 29.7 Å². The van der Waals surface area contributed by atoms with Crippen LogP contribution in [0.4, 0.5) is 4.39 Å². The number of hydrogen-bond acceptors (Lipinski definition) is 3. The molecule has 1 atom stereocenters. The lowest BCUT2D eigenvalue weighted by atomic mass is 10.1. The quantitative estimate of drug-likeness (QED) is 0.904. The molecule has 2 aromatic rings. The zero-order valence-electron chi connectivity index (χ0n) is 11.3. The summed E-state index contributed by atoms with van der Waals surface area (Å²) in [5.74, 6) is 0.0742. The molecule has 5 heteroatoms. The highest BCUT2D eigenvalue weighted by Crippen LogP contribution is 2.29. The third-order valence-corrected chi connectivity index (χ3v) is 3.49. The summed E-state index contributed by atoms with van der Waals surface area (Å²) in [5, 5.41) is 18.7. The van der Waals surface area contributed by atoms with Crippen molar-refractivity contribution in [2.75, 3.05) is 0 Å². The summed E-state index contributed by atoms with van der Waals surface area (Å²) in [6, 6.07) is 11.2. The number of nitriles is 1. The van der Waals surface area contributed by atoms with E-state index in [2.05, 4.69) is 15.9 Å². The first-order chi connectivity index (χ1) is 10.0. The van der Waals surface area contributed by atoms with Crippen molar-refractivity contribution in [2.24, 2.45) is 0 Å². The average molecular weight is 350 g/mol. The minimum absolute atomic E-state index is 0.0524. The lowest BCUT2D eigenvalue weighted by molar-refractivity contribution is 0.190. The van der Waals surface area contributed by atoms with Gasteiger partial charge in [-0.25, -0.2) is 4.39 Å². The van der Waals surface area contributed by atoms with Crippen molar-refractivity contribution in [1.82, 2.24) is 0 Å². The van der Waals surface area contributed by atoms with Crippen LogP contribution in [0.3, 0.4) is 0 Å². The van der Waals surface area contributed by atoms with Crippen LogP contribution in [0, 0.1) is 17.1 Å². The van der Waals surface area contributed by atoms with Gasteiger partial charge in [0.1, 0.15) is 18.2 Å². The van der Waals surface area contributed by atoms with Crippen molar-refractivity contribution in [1.29, 1.82) is 5.26 Å². The predicted octanol–water partition coefficient (Wildman–Crippen LogP) is 4.09. The summed E-state index contributed by atoms with van der Waals surface area (Å²) in [5.41, 5.74) is 1.46. The molecule has 108 valence electrons. The molecule has 2 rings (SSSR count). The molecule has 0 saturated heterocycles. The van der Waals surface area contributed by atoms with Crippen LogP contribution in [-0.4, -0.2) is 5.11 Å². The maximum Gasteiger partial charge on any atom is 0.126 e. The number of halogens is 2. The van der Waals surface area contributed by atoms with Crippen molar-refractivity contribution < 1.29 is 14.2 Å². The molecule has 1 N–H and O–H groups in total. The number of rotatable bonds is 4. The minimum Gasteiger partial charge on any atom is -0.488 e. The van der Waals surface area contributed by atoms with Gasteiger partial charge in [0.25, 0.3) is 0 Å². The van der Waals surface area contributed by atoms with Crippen LogP contribution < -0.4 is 4.74 Å². The molecule has 0 aliphatic heterocycles. The Morgan fingerprint density at radius 3 is 2.76 bits per heavy atom. The first-order valence-corrected chi connectivity index (χ1v) is 7.09. The Morgan fingerprint density at radius 2 is 2.10 bits per heavy atom. The Kier molecular flexibility index (Phi) is 4.94. The third kappa shape index (κ3) is 3.81. The maximum absolute atomic E-state index is 13.3. The van der Waals surface area contributed by atoms with Crippen LogP contribution in [0.25, 0.3) is 0 Å². The number of ether oxygens (including phenoxy) is 1. The minimum atomic E-state index is -0.684. The normalized spacial score (nSPS) is 11.8.